The first-order chi connectivity index (χ1) is 14.5. The Labute approximate surface area is 171 Å². The van der Waals surface area contributed by atoms with Crippen LogP contribution in [-0.2, 0) is 14.1 Å². The number of hydrogen-bond donors (Lipinski definition) is 2. The molecule has 1 aliphatic heterocycles. The van der Waals surface area contributed by atoms with Gasteiger partial charge >= 0.3 is 0 Å². The number of allylic oxidation sites excluding steroid dienone is 1. The van der Waals surface area contributed by atoms with E-state index < -0.39 is 0 Å². The molecule has 7 heteroatoms. The van der Waals surface area contributed by atoms with Gasteiger partial charge in [0.1, 0.15) is 11.7 Å². The first-order valence-electron chi connectivity index (χ1n) is 9.59. The Morgan fingerprint density at radius 3 is 2.43 bits per heavy atom. The number of aromatic amines is 1. The van der Waals surface area contributed by atoms with Crippen molar-refractivity contribution in [3.05, 3.63) is 87.5 Å². The van der Waals surface area contributed by atoms with Crippen molar-refractivity contribution in [2.75, 3.05) is 0 Å². The molecule has 7 nitrogen and oxygen atoms in total. The fraction of sp³-hybridized carbons (Fsp3) is 0.0870. The molecule has 1 aromatic carbocycles. The minimum absolute atomic E-state index is 0.109. The van der Waals surface area contributed by atoms with E-state index in [1.54, 1.807) is 47.1 Å². The third-order valence-electron chi connectivity index (χ3n) is 5.43. The number of aromatic nitrogens is 3. The monoisotopic (exact) mass is 398 g/mol. The summed E-state index contributed by atoms with van der Waals surface area (Å²) in [5.41, 5.74) is 7.26. The molecule has 0 amide bonds. The van der Waals surface area contributed by atoms with Crippen LogP contribution in [-0.4, -0.2) is 20.3 Å². The van der Waals surface area contributed by atoms with E-state index in [0.717, 1.165) is 38.9 Å². The Kier molecular flexibility index (Phi) is 4.11. The number of hydrogen-bond acceptors (Lipinski definition) is 3. The van der Waals surface area contributed by atoms with E-state index in [0.29, 0.717) is 5.52 Å². The van der Waals surface area contributed by atoms with Crippen molar-refractivity contribution < 1.29 is 5.43 Å². The number of aryl methyl sites for hydroxylation is 2. The van der Waals surface area contributed by atoms with Crippen LogP contribution in [0.25, 0.3) is 38.7 Å². The molecule has 1 aliphatic rings. The highest BCUT2D eigenvalue weighted by atomic mass is 16.1. The average Bonchev–Trinajstić information content (AvgIpc) is 3.43. The van der Waals surface area contributed by atoms with Crippen molar-refractivity contribution in [3.63, 3.8) is 0 Å². The van der Waals surface area contributed by atoms with Gasteiger partial charge in [0.25, 0.3) is 11.1 Å². The Bertz CT molecular complexity index is 1470. The highest BCUT2D eigenvalue weighted by Gasteiger charge is 2.19. The molecule has 0 atom stereocenters. The molecule has 0 bridgehead atoms. The Hall–Kier alpha value is -3.97. The molecule has 30 heavy (non-hydrogen) atoms. The van der Waals surface area contributed by atoms with Gasteiger partial charge in [-0.15, -0.1) is 0 Å². The zero-order chi connectivity index (χ0) is 20.8. The molecule has 0 saturated carbocycles. The van der Waals surface area contributed by atoms with E-state index in [4.69, 9.17) is 0 Å². The summed E-state index contributed by atoms with van der Waals surface area (Å²) in [6.45, 7) is 0. The molecule has 148 valence electrons. The summed E-state index contributed by atoms with van der Waals surface area (Å²) in [5, 5.41) is 4.89. The number of benzene rings is 1. The maximum absolute atomic E-state index is 12.8. The second-order valence-electron chi connectivity index (χ2n) is 7.40. The van der Waals surface area contributed by atoms with E-state index in [-0.39, 0.29) is 11.1 Å². The lowest BCUT2D eigenvalue weighted by Crippen LogP contribution is -2.69. The fourth-order valence-electron chi connectivity index (χ4n) is 3.85. The predicted molar refractivity (Wildman–Crippen MR) is 118 cm³/mol. The quantitative estimate of drug-likeness (QED) is 0.516. The molecule has 4 heterocycles. The highest BCUT2D eigenvalue weighted by molar-refractivity contribution is 6.11. The Morgan fingerprint density at radius 1 is 0.933 bits per heavy atom. The van der Waals surface area contributed by atoms with Crippen LogP contribution >= 0.6 is 0 Å². The Morgan fingerprint density at radius 2 is 1.70 bits per heavy atom. The van der Waals surface area contributed by atoms with Crippen LogP contribution < -0.4 is 16.5 Å². The molecule has 0 saturated heterocycles. The summed E-state index contributed by atoms with van der Waals surface area (Å²) >= 11 is 0. The number of nitrogens with one attached hydrogen (secondary N) is 1. The first-order valence-corrected chi connectivity index (χ1v) is 9.59. The van der Waals surface area contributed by atoms with Gasteiger partial charge in [-0.3, -0.25) is 9.59 Å². The van der Waals surface area contributed by atoms with Crippen LogP contribution in [0.5, 0.6) is 0 Å². The van der Waals surface area contributed by atoms with Gasteiger partial charge in [-0.25, -0.2) is 0 Å². The molecule has 0 aliphatic carbocycles. The second-order valence-corrected chi connectivity index (χ2v) is 7.40. The molecular weight excluding hydrogens is 378 g/mol. The van der Waals surface area contributed by atoms with Crippen LogP contribution in [0.15, 0.2) is 75.7 Å². The summed E-state index contributed by atoms with van der Waals surface area (Å²) in [5.74, 6) is 0. The number of pyridine rings is 2. The van der Waals surface area contributed by atoms with E-state index in [1.165, 1.54) is 0 Å². The lowest BCUT2D eigenvalue weighted by Gasteiger charge is -2.14. The molecule has 3 aromatic heterocycles. The summed E-state index contributed by atoms with van der Waals surface area (Å²) in [6, 6.07) is 13.5. The summed E-state index contributed by atoms with van der Waals surface area (Å²) in [4.78, 5) is 28.6. The van der Waals surface area contributed by atoms with Crippen molar-refractivity contribution in [3.8, 4) is 22.3 Å². The van der Waals surface area contributed by atoms with E-state index in [9.17, 15) is 9.59 Å². The molecule has 0 radical (unpaired) electrons. The molecule has 0 spiro atoms. The zero-order valence-corrected chi connectivity index (χ0v) is 16.6. The molecule has 5 rings (SSSR count). The fourth-order valence-corrected chi connectivity index (χ4v) is 3.85. The third-order valence-corrected chi connectivity index (χ3v) is 5.43. The first kappa shape index (κ1) is 18.1. The maximum Gasteiger partial charge on any atom is 0.274 e. The van der Waals surface area contributed by atoms with Crippen molar-refractivity contribution in [1.82, 2.24) is 14.1 Å². The normalized spacial score (nSPS) is 13.2. The van der Waals surface area contributed by atoms with Crippen molar-refractivity contribution >= 4 is 22.7 Å². The zero-order valence-electron chi connectivity index (χ0n) is 16.6. The third kappa shape index (κ3) is 2.84. The topological polar surface area (TPSA) is 88.8 Å². The molecule has 4 aromatic rings. The summed E-state index contributed by atoms with van der Waals surface area (Å²) < 4.78 is 3.12. The van der Waals surface area contributed by atoms with Gasteiger partial charge in [0.2, 0.25) is 0 Å². The molecular formula is C23H20N5O2+. The average molecular weight is 398 g/mol. The molecule has 0 fully saturated rings. The van der Waals surface area contributed by atoms with Crippen molar-refractivity contribution in [2.24, 2.45) is 19.2 Å². The van der Waals surface area contributed by atoms with E-state index in [2.05, 4.69) is 10.1 Å². The number of fused-ring (bicyclic) bond motifs is 1. The van der Waals surface area contributed by atoms with Crippen LogP contribution in [0.2, 0.25) is 0 Å². The number of quaternary nitrogens is 1. The van der Waals surface area contributed by atoms with Crippen LogP contribution in [0.1, 0.15) is 5.69 Å². The van der Waals surface area contributed by atoms with E-state index >= 15 is 0 Å². The minimum atomic E-state index is -0.121. The van der Waals surface area contributed by atoms with Crippen molar-refractivity contribution in [2.45, 2.75) is 0 Å². The number of nitrogens with two attached hydrogens (primary N) is 1. The number of H-pyrrole nitrogens is 1. The van der Waals surface area contributed by atoms with Gasteiger partial charge in [-0.05, 0) is 17.2 Å². The smallest absolute Gasteiger partial charge is 0.274 e. The Balaban J connectivity index is 1.85. The predicted octanol–water partition coefficient (Wildman–Crippen LogP) is 1.80. The summed E-state index contributed by atoms with van der Waals surface area (Å²) in [6.07, 6.45) is 7.29. The van der Waals surface area contributed by atoms with Gasteiger partial charge in [-0.1, -0.05) is 35.4 Å². The lowest BCUT2D eigenvalue weighted by molar-refractivity contribution is -0.589. The molecule has 3 N–H and O–H groups in total. The maximum atomic E-state index is 12.8. The minimum Gasteiger partial charge on any atom is -0.350 e. The number of rotatable bonds is 3. The number of nitrogens with zero attached hydrogens (tertiary/aromatic N) is 3. The van der Waals surface area contributed by atoms with Gasteiger partial charge in [0.05, 0.1) is 17.5 Å². The van der Waals surface area contributed by atoms with Crippen LogP contribution in [0.4, 0.5) is 0 Å². The SMILES string of the molecule is Cn1cc(-c2ccccc2)c(-c2cn(C)c(=O)c3[nH]c(C4=C[NH2+]N=C4)cc23)cc1=O. The second kappa shape index (κ2) is 6.82. The highest BCUT2D eigenvalue weighted by Crippen LogP contribution is 2.35. The largest absolute Gasteiger partial charge is 0.350 e. The van der Waals surface area contributed by atoms with Crippen LogP contribution in [0.3, 0.4) is 0 Å². The van der Waals surface area contributed by atoms with Gasteiger partial charge in [0, 0.05) is 49.1 Å². The standard InChI is InChI=1S/C23H19N5O2/c1-27-12-18(14-6-4-3-5-7-14)16(9-21(27)29)19-13-28(2)23(30)22-17(19)8-20(26-22)15-10-24-25-11-15/h3-13,26H,1-2H3,(H,24,25)/p+1. The molecule has 0 unspecified atom stereocenters. The van der Waals surface area contributed by atoms with Gasteiger partial charge in [-0.2, -0.15) is 5.43 Å². The van der Waals surface area contributed by atoms with Gasteiger partial charge in [0.15, 0.2) is 0 Å². The lowest BCUT2D eigenvalue weighted by atomic mass is 9.95. The van der Waals surface area contributed by atoms with Crippen molar-refractivity contribution in [1.29, 1.82) is 0 Å². The van der Waals surface area contributed by atoms with Gasteiger partial charge < -0.3 is 14.1 Å². The summed E-state index contributed by atoms with van der Waals surface area (Å²) in [7, 11) is 3.46. The van der Waals surface area contributed by atoms with E-state index in [1.807, 2.05) is 48.8 Å². The van der Waals surface area contributed by atoms with Crippen LogP contribution in [0, 0.1) is 0 Å².